The van der Waals surface area contributed by atoms with Gasteiger partial charge in [-0.2, -0.15) is 5.26 Å². The zero-order chi connectivity index (χ0) is 22.7. The van der Waals surface area contributed by atoms with Crippen LogP contribution in [0.3, 0.4) is 0 Å². The Balaban J connectivity index is 1.99. The second-order valence-corrected chi connectivity index (χ2v) is 8.21. The van der Waals surface area contributed by atoms with Gasteiger partial charge < -0.3 is 9.84 Å². The fraction of sp³-hybridized carbons (Fsp3) is 0.227. The van der Waals surface area contributed by atoms with Crippen LogP contribution in [0, 0.1) is 11.3 Å². The maximum absolute atomic E-state index is 12.4. The second-order valence-electron chi connectivity index (χ2n) is 6.45. The summed E-state index contributed by atoms with van der Waals surface area (Å²) in [5.74, 6) is -0.771. The largest absolute Gasteiger partial charge is 0.494 e. The van der Waals surface area contributed by atoms with Crippen molar-refractivity contribution in [3.8, 4) is 11.8 Å². The van der Waals surface area contributed by atoms with Crippen LogP contribution in [0.15, 0.2) is 59.5 Å². The number of carboxylic acids is 1. The molecule has 0 spiro atoms. The van der Waals surface area contributed by atoms with E-state index in [0.29, 0.717) is 30.8 Å². The highest BCUT2D eigenvalue weighted by Crippen LogP contribution is 2.16. The first-order chi connectivity index (χ1) is 14.8. The first-order valence-corrected chi connectivity index (χ1v) is 10.9. The van der Waals surface area contributed by atoms with Gasteiger partial charge in [0.1, 0.15) is 5.75 Å². The Morgan fingerprint density at radius 3 is 2.58 bits per heavy atom. The van der Waals surface area contributed by atoms with Crippen molar-refractivity contribution >= 4 is 27.9 Å². The van der Waals surface area contributed by atoms with Gasteiger partial charge in [0.15, 0.2) is 5.78 Å². The molecular formula is C22H22N2O6S. The van der Waals surface area contributed by atoms with E-state index in [1.54, 1.807) is 24.3 Å². The van der Waals surface area contributed by atoms with Gasteiger partial charge in [-0.1, -0.05) is 18.2 Å². The Morgan fingerprint density at radius 2 is 1.90 bits per heavy atom. The van der Waals surface area contributed by atoms with E-state index in [2.05, 4.69) is 10.8 Å². The number of nitriles is 1. The zero-order valence-electron chi connectivity index (χ0n) is 16.7. The van der Waals surface area contributed by atoms with Gasteiger partial charge in [0.25, 0.3) is 0 Å². The van der Waals surface area contributed by atoms with Crippen molar-refractivity contribution in [3.63, 3.8) is 0 Å². The van der Waals surface area contributed by atoms with E-state index in [1.807, 2.05) is 6.07 Å². The van der Waals surface area contributed by atoms with Crippen molar-refractivity contribution < 1.29 is 27.9 Å². The fourth-order valence-electron chi connectivity index (χ4n) is 2.49. The van der Waals surface area contributed by atoms with Gasteiger partial charge in [-0.3, -0.25) is 9.59 Å². The molecule has 0 bridgehead atoms. The van der Waals surface area contributed by atoms with E-state index in [9.17, 15) is 18.0 Å². The third-order valence-electron chi connectivity index (χ3n) is 4.07. The molecular weight excluding hydrogens is 420 g/mol. The number of hydrogen-bond donors (Lipinski definition) is 2. The number of unbranched alkanes of at least 4 members (excludes halogenated alkanes) is 1. The molecule has 0 atom stereocenters. The van der Waals surface area contributed by atoms with Gasteiger partial charge in [0.2, 0.25) is 10.0 Å². The molecule has 31 heavy (non-hydrogen) atoms. The third-order valence-corrected chi connectivity index (χ3v) is 5.54. The van der Waals surface area contributed by atoms with Crippen LogP contribution in [0.2, 0.25) is 0 Å². The minimum atomic E-state index is -3.84. The van der Waals surface area contributed by atoms with Gasteiger partial charge in [0, 0.05) is 18.5 Å². The predicted octanol–water partition coefficient (Wildman–Crippen LogP) is 3.02. The number of sulfonamides is 1. The topological polar surface area (TPSA) is 134 Å². The average Bonchev–Trinajstić information content (AvgIpc) is 2.75. The van der Waals surface area contributed by atoms with Crippen LogP contribution in [0.25, 0.3) is 6.08 Å². The van der Waals surface area contributed by atoms with Crippen LogP contribution in [-0.4, -0.2) is 38.4 Å². The van der Waals surface area contributed by atoms with E-state index in [1.165, 1.54) is 30.3 Å². The van der Waals surface area contributed by atoms with Crippen molar-refractivity contribution in [2.24, 2.45) is 0 Å². The van der Waals surface area contributed by atoms with E-state index >= 15 is 0 Å². The number of aliphatic carboxylic acids is 1. The summed E-state index contributed by atoms with van der Waals surface area (Å²) in [5, 5.41) is 17.1. The molecule has 162 valence electrons. The van der Waals surface area contributed by atoms with Crippen molar-refractivity contribution in [2.75, 3.05) is 13.2 Å². The van der Waals surface area contributed by atoms with Crippen LogP contribution in [-0.2, 0) is 14.8 Å². The first kappa shape index (κ1) is 23.8. The number of rotatable bonds is 12. The summed E-state index contributed by atoms with van der Waals surface area (Å²) < 4.78 is 32.0. The van der Waals surface area contributed by atoms with E-state index in [0.717, 1.165) is 5.56 Å². The van der Waals surface area contributed by atoms with Crippen LogP contribution in [0.4, 0.5) is 0 Å². The predicted molar refractivity (Wildman–Crippen MR) is 114 cm³/mol. The standard InChI is InChI=1S/C22H22N2O6S/c23-13-1-2-15-30-19-5-3-4-17(16-19)6-11-21(25)18-7-9-20(10-8-18)31(28,29)24-14-12-22(26)27/h3-11,16,24H,1-2,12,14-15H2,(H,26,27)/b11-6+. The molecule has 0 amide bonds. The highest BCUT2D eigenvalue weighted by molar-refractivity contribution is 7.89. The number of carbonyl (C=O) groups is 2. The Labute approximate surface area is 180 Å². The molecule has 0 heterocycles. The van der Waals surface area contributed by atoms with Gasteiger partial charge >= 0.3 is 5.97 Å². The van der Waals surface area contributed by atoms with Gasteiger partial charge in [-0.25, -0.2) is 13.1 Å². The molecule has 0 fully saturated rings. The summed E-state index contributed by atoms with van der Waals surface area (Å²) in [6.07, 6.45) is 3.74. The van der Waals surface area contributed by atoms with Gasteiger partial charge in [-0.05, 0) is 54.5 Å². The van der Waals surface area contributed by atoms with E-state index in [-0.39, 0.29) is 23.6 Å². The lowest BCUT2D eigenvalue weighted by Gasteiger charge is -2.06. The average molecular weight is 442 g/mol. The van der Waals surface area contributed by atoms with Crippen molar-refractivity contribution in [2.45, 2.75) is 24.2 Å². The highest BCUT2D eigenvalue weighted by Gasteiger charge is 2.14. The Kier molecular flexibility index (Phi) is 8.94. The number of ketones is 1. The van der Waals surface area contributed by atoms with Crippen molar-refractivity contribution in [1.29, 1.82) is 5.26 Å². The normalized spacial score (nSPS) is 11.2. The lowest BCUT2D eigenvalue weighted by Crippen LogP contribution is -2.26. The van der Waals surface area contributed by atoms with Crippen LogP contribution >= 0.6 is 0 Å². The Bertz CT molecular complexity index is 1090. The smallest absolute Gasteiger partial charge is 0.304 e. The number of carboxylic acid groups (broad SMARTS) is 1. The van der Waals surface area contributed by atoms with Crippen molar-refractivity contribution in [1.82, 2.24) is 4.72 Å². The zero-order valence-corrected chi connectivity index (χ0v) is 17.5. The molecule has 2 aromatic rings. The third kappa shape index (κ3) is 8.04. The molecule has 0 saturated heterocycles. The number of nitrogens with zero attached hydrogens (tertiary/aromatic N) is 1. The fourth-order valence-corrected chi connectivity index (χ4v) is 3.52. The molecule has 0 aliphatic heterocycles. The number of allylic oxidation sites excluding steroid dienone is 1. The lowest BCUT2D eigenvalue weighted by atomic mass is 10.1. The SMILES string of the molecule is N#CCCCOc1cccc(/C=C/C(=O)c2ccc(S(=O)(=O)NCCC(=O)O)cc2)c1. The summed E-state index contributed by atoms with van der Waals surface area (Å²) in [4.78, 5) is 22.8. The highest BCUT2D eigenvalue weighted by atomic mass is 32.2. The summed E-state index contributed by atoms with van der Waals surface area (Å²) in [6.45, 7) is 0.211. The lowest BCUT2D eigenvalue weighted by molar-refractivity contribution is -0.136. The molecule has 9 heteroatoms. The quantitative estimate of drug-likeness (QED) is 0.293. The van der Waals surface area contributed by atoms with Crippen LogP contribution < -0.4 is 9.46 Å². The summed E-state index contributed by atoms with van der Waals surface area (Å²) >= 11 is 0. The maximum Gasteiger partial charge on any atom is 0.304 e. The van der Waals surface area contributed by atoms with E-state index < -0.39 is 16.0 Å². The van der Waals surface area contributed by atoms with Gasteiger partial charge in [-0.15, -0.1) is 0 Å². The molecule has 0 aliphatic carbocycles. The van der Waals surface area contributed by atoms with Gasteiger partial charge in [0.05, 0.1) is 24.0 Å². The molecule has 2 rings (SSSR count). The summed E-state index contributed by atoms with van der Waals surface area (Å²) in [6, 6.07) is 14.6. The summed E-state index contributed by atoms with van der Waals surface area (Å²) in [5.41, 5.74) is 1.07. The monoisotopic (exact) mass is 442 g/mol. The molecule has 0 aromatic heterocycles. The Morgan fingerprint density at radius 1 is 1.16 bits per heavy atom. The number of hydrogen-bond acceptors (Lipinski definition) is 6. The molecule has 8 nitrogen and oxygen atoms in total. The maximum atomic E-state index is 12.4. The minimum absolute atomic E-state index is 0.0559. The molecule has 0 unspecified atom stereocenters. The number of ether oxygens (including phenoxy) is 1. The molecule has 0 aliphatic rings. The first-order valence-electron chi connectivity index (χ1n) is 9.45. The second kappa shape index (κ2) is 11.6. The summed E-state index contributed by atoms with van der Waals surface area (Å²) in [7, 11) is -3.84. The molecule has 2 aromatic carbocycles. The van der Waals surface area contributed by atoms with Crippen molar-refractivity contribution in [3.05, 3.63) is 65.7 Å². The Hall–Kier alpha value is -3.48. The molecule has 0 radical (unpaired) electrons. The molecule has 0 saturated carbocycles. The number of carbonyl (C=O) groups excluding carboxylic acids is 1. The number of nitrogens with one attached hydrogen (secondary N) is 1. The van der Waals surface area contributed by atoms with Crippen LogP contribution in [0.1, 0.15) is 35.2 Å². The molecule has 2 N–H and O–H groups in total. The van der Waals surface area contributed by atoms with Crippen LogP contribution in [0.5, 0.6) is 5.75 Å². The van der Waals surface area contributed by atoms with E-state index in [4.69, 9.17) is 15.1 Å². The number of benzene rings is 2. The minimum Gasteiger partial charge on any atom is -0.494 e.